The second kappa shape index (κ2) is 8.23. The van der Waals surface area contributed by atoms with E-state index in [1.54, 1.807) is 17.0 Å². The van der Waals surface area contributed by atoms with E-state index >= 15 is 0 Å². The summed E-state index contributed by atoms with van der Waals surface area (Å²) in [6, 6.07) is 9.28. The number of ether oxygens (including phenoxy) is 3. The minimum Gasteiger partial charge on any atom is -0.454 e. The molecule has 3 aliphatic rings. The van der Waals surface area contributed by atoms with Crippen LogP contribution in [-0.2, 0) is 4.74 Å². The number of carbonyl (C=O) groups excluding carboxylic acids is 1. The highest BCUT2D eigenvalue weighted by molar-refractivity contribution is 5.90. The molecule has 10 heteroatoms. The highest BCUT2D eigenvalue weighted by atomic mass is 16.7. The Hall–Kier alpha value is -3.27. The first-order valence-electron chi connectivity index (χ1n) is 10.1. The molecule has 2 saturated heterocycles. The van der Waals surface area contributed by atoms with Gasteiger partial charge in [0.15, 0.2) is 23.1 Å². The molecule has 0 spiro atoms. The molecule has 0 aliphatic carbocycles. The number of hydrogen-bond acceptors (Lipinski definition) is 8. The van der Waals surface area contributed by atoms with Crippen molar-refractivity contribution in [2.75, 3.05) is 74.4 Å². The van der Waals surface area contributed by atoms with E-state index < -0.39 is 0 Å². The van der Waals surface area contributed by atoms with E-state index in [-0.39, 0.29) is 12.8 Å². The Labute approximate surface area is 174 Å². The molecular weight excluding hydrogens is 388 g/mol. The summed E-state index contributed by atoms with van der Waals surface area (Å²) in [4.78, 5) is 18.7. The molecule has 5 rings (SSSR count). The maximum Gasteiger partial charge on any atom is 0.321 e. The van der Waals surface area contributed by atoms with Crippen molar-refractivity contribution in [1.82, 2.24) is 15.1 Å². The molecule has 3 aliphatic heterocycles. The number of urea groups is 1. The zero-order valence-corrected chi connectivity index (χ0v) is 16.6. The quantitative estimate of drug-likeness (QED) is 0.809. The van der Waals surface area contributed by atoms with Gasteiger partial charge in [0.05, 0.1) is 13.2 Å². The summed E-state index contributed by atoms with van der Waals surface area (Å²) < 4.78 is 16.0. The molecule has 0 bridgehead atoms. The molecule has 30 heavy (non-hydrogen) atoms. The number of morpholine rings is 1. The van der Waals surface area contributed by atoms with Crippen molar-refractivity contribution in [3.8, 4) is 11.5 Å². The normalized spacial score (nSPS) is 18.5. The van der Waals surface area contributed by atoms with E-state index in [1.165, 1.54) is 0 Å². The van der Waals surface area contributed by atoms with Crippen LogP contribution in [0.15, 0.2) is 30.3 Å². The number of nitrogens with one attached hydrogen (secondary N) is 1. The summed E-state index contributed by atoms with van der Waals surface area (Å²) in [5.74, 6) is 3.06. The van der Waals surface area contributed by atoms with Gasteiger partial charge >= 0.3 is 6.03 Å². The number of anilines is 3. The first kappa shape index (κ1) is 18.7. The minimum atomic E-state index is -0.123. The van der Waals surface area contributed by atoms with Gasteiger partial charge in [0.25, 0.3) is 0 Å². The summed E-state index contributed by atoms with van der Waals surface area (Å²) >= 11 is 0. The monoisotopic (exact) mass is 412 g/mol. The molecule has 1 aromatic carbocycles. The Kier molecular flexibility index (Phi) is 5.14. The SMILES string of the molecule is O=C(Nc1ccc2c(c1)OCO2)N1CCN(c2ccc(N3CCOCC3)nn2)CC1. The van der Waals surface area contributed by atoms with Crippen LogP contribution in [0, 0.1) is 0 Å². The van der Waals surface area contributed by atoms with E-state index in [2.05, 4.69) is 25.3 Å². The van der Waals surface area contributed by atoms with Crippen LogP contribution in [0.2, 0.25) is 0 Å². The molecule has 1 N–H and O–H groups in total. The van der Waals surface area contributed by atoms with E-state index in [1.807, 2.05) is 18.2 Å². The molecule has 0 atom stereocenters. The van der Waals surface area contributed by atoms with Crippen LogP contribution in [0.25, 0.3) is 0 Å². The predicted octanol–water partition coefficient (Wildman–Crippen LogP) is 1.40. The van der Waals surface area contributed by atoms with Crippen molar-refractivity contribution in [1.29, 1.82) is 0 Å². The zero-order valence-electron chi connectivity index (χ0n) is 16.6. The summed E-state index contributed by atoms with van der Waals surface area (Å²) in [5.41, 5.74) is 0.691. The lowest BCUT2D eigenvalue weighted by atomic mass is 10.2. The van der Waals surface area contributed by atoms with Crippen molar-refractivity contribution in [3.63, 3.8) is 0 Å². The van der Waals surface area contributed by atoms with Crippen molar-refractivity contribution >= 4 is 23.4 Å². The second-order valence-electron chi connectivity index (χ2n) is 7.32. The molecule has 0 saturated carbocycles. The lowest BCUT2D eigenvalue weighted by molar-refractivity contribution is 0.122. The molecule has 158 valence electrons. The Morgan fingerprint density at radius 1 is 0.833 bits per heavy atom. The zero-order chi connectivity index (χ0) is 20.3. The third-order valence-corrected chi connectivity index (χ3v) is 5.49. The number of nitrogens with zero attached hydrogens (tertiary/aromatic N) is 5. The lowest BCUT2D eigenvalue weighted by Gasteiger charge is -2.35. The summed E-state index contributed by atoms with van der Waals surface area (Å²) in [5, 5.41) is 11.7. The molecule has 4 heterocycles. The standard InChI is InChI=1S/C20H24N6O4/c27-20(21-15-1-2-16-17(13-15)30-14-29-16)26-7-5-24(6-8-26)18-3-4-19(23-22-18)25-9-11-28-12-10-25/h1-4,13H,5-12,14H2,(H,21,27). The van der Waals surface area contributed by atoms with Crippen molar-refractivity contribution in [2.45, 2.75) is 0 Å². The highest BCUT2D eigenvalue weighted by Gasteiger charge is 2.23. The topological polar surface area (TPSA) is 92.3 Å². The molecule has 2 amide bonds. The Morgan fingerprint density at radius 2 is 1.50 bits per heavy atom. The van der Waals surface area contributed by atoms with Gasteiger partial charge < -0.3 is 34.2 Å². The maximum atomic E-state index is 12.6. The molecule has 10 nitrogen and oxygen atoms in total. The van der Waals surface area contributed by atoms with Crippen LogP contribution in [-0.4, -0.2) is 80.4 Å². The minimum absolute atomic E-state index is 0.123. The van der Waals surface area contributed by atoms with Crippen LogP contribution in [0.4, 0.5) is 22.1 Å². The van der Waals surface area contributed by atoms with Gasteiger partial charge in [0.2, 0.25) is 6.79 Å². The third-order valence-electron chi connectivity index (χ3n) is 5.49. The smallest absolute Gasteiger partial charge is 0.321 e. The number of carbonyl (C=O) groups is 1. The molecule has 0 radical (unpaired) electrons. The van der Waals surface area contributed by atoms with Gasteiger partial charge in [-0.2, -0.15) is 0 Å². The first-order valence-corrected chi connectivity index (χ1v) is 10.1. The van der Waals surface area contributed by atoms with Gasteiger partial charge in [0, 0.05) is 51.0 Å². The average molecular weight is 412 g/mol. The van der Waals surface area contributed by atoms with E-state index in [9.17, 15) is 4.79 Å². The summed E-state index contributed by atoms with van der Waals surface area (Å²) in [6.07, 6.45) is 0. The van der Waals surface area contributed by atoms with E-state index in [0.29, 0.717) is 43.4 Å². The Bertz CT molecular complexity index is 895. The van der Waals surface area contributed by atoms with Gasteiger partial charge in [-0.05, 0) is 24.3 Å². The van der Waals surface area contributed by atoms with Gasteiger partial charge in [0.1, 0.15) is 0 Å². The number of hydrogen-bond donors (Lipinski definition) is 1. The summed E-state index contributed by atoms with van der Waals surface area (Å²) in [7, 11) is 0. The van der Waals surface area contributed by atoms with Crippen LogP contribution < -0.4 is 24.6 Å². The molecule has 2 aromatic rings. The largest absolute Gasteiger partial charge is 0.454 e. The number of piperazine rings is 1. The van der Waals surface area contributed by atoms with Crippen LogP contribution >= 0.6 is 0 Å². The Morgan fingerprint density at radius 3 is 2.20 bits per heavy atom. The van der Waals surface area contributed by atoms with Gasteiger partial charge in [-0.25, -0.2) is 4.79 Å². The second-order valence-corrected chi connectivity index (χ2v) is 7.32. The molecular formula is C20H24N6O4. The highest BCUT2D eigenvalue weighted by Crippen LogP contribution is 2.34. The van der Waals surface area contributed by atoms with E-state index in [4.69, 9.17) is 14.2 Å². The number of rotatable bonds is 3. The van der Waals surface area contributed by atoms with Crippen LogP contribution in [0.1, 0.15) is 0 Å². The van der Waals surface area contributed by atoms with Gasteiger partial charge in [-0.15, -0.1) is 10.2 Å². The van der Waals surface area contributed by atoms with Crippen LogP contribution in [0.3, 0.4) is 0 Å². The fourth-order valence-corrected chi connectivity index (χ4v) is 3.76. The van der Waals surface area contributed by atoms with Crippen LogP contribution in [0.5, 0.6) is 11.5 Å². The van der Waals surface area contributed by atoms with E-state index in [0.717, 1.165) is 37.9 Å². The van der Waals surface area contributed by atoms with Crippen molar-refractivity contribution in [2.24, 2.45) is 0 Å². The predicted molar refractivity (Wildman–Crippen MR) is 110 cm³/mol. The van der Waals surface area contributed by atoms with Gasteiger partial charge in [-0.3, -0.25) is 0 Å². The lowest BCUT2D eigenvalue weighted by Crippen LogP contribution is -2.50. The maximum absolute atomic E-state index is 12.6. The molecule has 0 unspecified atom stereocenters. The summed E-state index contributed by atoms with van der Waals surface area (Å²) in [6.45, 7) is 5.98. The van der Waals surface area contributed by atoms with Crippen molar-refractivity contribution in [3.05, 3.63) is 30.3 Å². The Balaban J connectivity index is 1.14. The fraction of sp³-hybridized carbons (Fsp3) is 0.450. The number of aromatic nitrogens is 2. The van der Waals surface area contributed by atoms with Crippen molar-refractivity contribution < 1.29 is 19.0 Å². The average Bonchev–Trinajstić information content (AvgIpc) is 3.28. The molecule has 1 aromatic heterocycles. The van der Waals surface area contributed by atoms with Gasteiger partial charge in [-0.1, -0.05) is 0 Å². The number of fused-ring (bicyclic) bond motifs is 1. The first-order chi connectivity index (χ1) is 14.8. The molecule has 2 fully saturated rings. The fourth-order valence-electron chi connectivity index (χ4n) is 3.76. The number of benzene rings is 1. The third kappa shape index (κ3) is 3.90. The number of amides is 2.